The molecule has 1 N–H and O–H groups in total. The van der Waals surface area contributed by atoms with E-state index in [1.807, 2.05) is 13.8 Å². The van der Waals surface area contributed by atoms with Crippen LogP contribution in [0.3, 0.4) is 0 Å². The van der Waals surface area contributed by atoms with Gasteiger partial charge in [-0.1, -0.05) is 19.1 Å². The number of carbonyl (C=O) groups excluding carboxylic acids is 2. The minimum Gasteiger partial charge on any atom is -0.493 e. The number of para-hydroxylation sites is 1. The molecule has 1 fully saturated rings. The van der Waals surface area contributed by atoms with E-state index in [1.165, 1.54) is 37.5 Å². The normalized spacial score (nSPS) is 16.5. The zero-order valence-electron chi connectivity index (χ0n) is 16.8. The molecule has 1 saturated heterocycles. The molecular weight excluding hydrogens is 407 g/mol. The van der Waals surface area contributed by atoms with Gasteiger partial charge in [0.1, 0.15) is 11.4 Å². The number of nitrogens with zero attached hydrogens (tertiary/aromatic N) is 1. The van der Waals surface area contributed by atoms with Crippen LogP contribution in [0.15, 0.2) is 48.0 Å². The topological polar surface area (TPSA) is 67.9 Å². The SMILES string of the molecule is CCC(C)Oc1c(C=C2C(=O)NC(=S)N(c3ccc(F)cc3)C2=O)cccc1OC. The maximum absolute atomic E-state index is 13.3. The molecule has 0 aliphatic carbocycles. The number of nitrogens with one attached hydrogen (secondary N) is 1. The zero-order valence-corrected chi connectivity index (χ0v) is 17.6. The van der Waals surface area contributed by atoms with Crippen molar-refractivity contribution in [2.45, 2.75) is 26.4 Å². The number of hydrogen-bond acceptors (Lipinski definition) is 5. The lowest BCUT2D eigenvalue weighted by Gasteiger charge is -2.29. The van der Waals surface area contributed by atoms with E-state index in [0.29, 0.717) is 22.7 Å². The van der Waals surface area contributed by atoms with Crippen LogP contribution in [-0.2, 0) is 9.59 Å². The number of ether oxygens (including phenoxy) is 2. The van der Waals surface area contributed by atoms with Gasteiger partial charge < -0.3 is 9.47 Å². The summed E-state index contributed by atoms with van der Waals surface area (Å²) in [5, 5.41) is 2.43. The highest BCUT2D eigenvalue weighted by molar-refractivity contribution is 7.80. The molecule has 0 saturated carbocycles. The third kappa shape index (κ3) is 4.33. The van der Waals surface area contributed by atoms with Crippen LogP contribution in [-0.4, -0.2) is 30.1 Å². The van der Waals surface area contributed by atoms with E-state index < -0.39 is 17.6 Å². The molecule has 0 aromatic heterocycles. The molecule has 1 heterocycles. The maximum atomic E-state index is 13.3. The van der Waals surface area contributed by atoms with Crippen LogP contribution in [0.5, 0.6) is 11.5 Å². The zero-order chi connectivity index (χ0) is 21.8. The molecule has 0 spiro atoms. The predicted octanol–water partition coefficient (Wildman–Crippen LogP) is 3.84. The van der Waals surface area contributed by atoms with Gasteiger partial charge in [0.15, 0.2) is 16.6 Å². The van der Waals surface area contributed by atoms with E-state index in [-0.39, 0.29) is 16.8 Å². The fourth-order valence-electron chi connectivity index (χ4n) is 2.86. The summed E-state index contributed by atoms with van der Waals surface area (Å²) in [6.07, 6.45) is 2.11. The smallest absolute Gasteiger partial charge is 0.270 e. The second-order valence-electron chi connectivity index (χ2n) is 6.65. The van der Waals surface area contributed by atoms with Gasteiger partial charge in [-0.3, -0.25) is 19.8 Å². The molecule has 30 heavy (non-hydrogen) atoms. The molecule has 0 radical (unpaired) electrons. The Kier molecular flexibility index (Phi) is 6.47. The highest BCUT2D eigenvalue weighted by Gasteiger charge is 2.34. The third-order valence-corrected chi connectivity index (χ3v) is 4.89. The van der Waals surface area contributed by atoms with Gasteiger partial charge in [0.25, 0.3) is 11.8 Å². The van der Waals surface area contributed by atoms with Crippen LogP contribution in [0.4, 0.5) is 10.1 Å². The van der Waals surface area contributed by atoms with Gasteiger partial charge in [0, 0.05) is 5.56 Å². The molecule has 3 rings (SSSR count). The lowest BCUT2D eigenvalue weighted by molar-refractivity contribution is -0.122. The Morgan fingerprint density at radius 2 is 1.90 bits per heavy atom. The fourth-order valence-corrected chi connectivity index (χ4v) is 3.14. The van der Waals surface area contributed by atoms with Gasteiger partial charge in [-0.25, -0.2) is 4.39 Å². The molecule has 6 nitrogen and oxygen atoms in total. The number of methoxy groups -OCH3 is 1. The summed E-state index contributed by atoms with van der Waals surface area (Å²) < 4.78 is 24.6. The molecular formula is C22H21FN2O4S. The van der Waals surface area contributed by atoms with Crippen molar-refractivity contribution in [2.75, 3.05) is 12.0 Å². The van der Waals surface area contributed by atoms with Gasteiger partial charge in [-0.05, 0) is 62.0 Å². The molecule has 0 bridgehead atoms. The lowest BCUT2D eigenvalue weighted by Crippen LogP contribution is -2.54. The Morgan fingerprint density at radius 3 is 2.53 bits per heavy atom. The third-order valence-electron chi connectivity index (χ3n) is 4.61. The first-order valence-electron chi connectivity index (χ1n) is 9.36. The standard InChI is InChI=1S/C22H21FN2O4S/c1-4-13(2)29-19-14(6-5-7-18(19)28-3)12-17-20(26)24-22(30)25(21(17)27)16-10-8-15(23)9-11-16/h5-13H,4H2,1-3H3,(H,24,26,30). The number of rotatable bonds is 6. The summed E-state index contributed by atoms with van der Waals surface area (Å²) >= 11 is 5.16. The second kappa shape index (κ2) is 9.04. The highest BCUT2D eigenvalue weighted by atomic mass is 32.1. The highest BCUT2D eigenvalue weighted by Crippen LogP contribution is 2.34. The van der Waals surface area contributed by atoms with E-state index in [9.17, 15) is 14.0 Å². The number of anilines is 1. The monoisotopic (exact) mass is 428 g/mol. The Morgan fingerprint density at radius 1 is 1.20 bits per heavy atom. The largest absolute Gasteiger partial charge is 0.493 e. The Bertz CT molecular complexity index is 1020. The van der Waals surface area contributed by atoms with Crippen LogP contribution >= 0.6 is 12.2 Å². The Labute approximate surface area is 179 Å². The van der Waals surface area contributed by atoms with Crippen molar-refractivity contribution in [3.05, 3.63) is 59.4 Å². The van der Waals surface area contributed by atoms with Crippen LogP contribution in [0.25, 0.3) is 6.08 Å². The van der Waals surface area contributed by atoms with Crippen LogP contribution < -0.4 is 19.7 Å². The van der Waals surface area contributed by atoms with Crippen LogP contribution in [0.2, 0.25) is 0 Å². The molecule has 1 atom stereocenters. The molecule has 1 unspecified atom stereocenters. The number of benzene rings is 2. The quantitative estimate of drug-likeness (QED) is 0.430. The average Bonchev–Trinajstić information content (AvgIpc) is 2.73. The second-order valence-corrected chi connectivity index (χ2v) is 7.04. The first-order valence-corrected chi connectivity index (χ1v) is 9.77. The molecule has 1 aliphatic heterocycles. The van der Waals surface area contributed by atoms with Crippen molar-refractivity contribution in [3.8, 4) is 11.5 Å². The molecule has 2 aromatic carbocycles. The number of halogens is 1. The van der Waals surface area contributed by atoms with E-state index in [1.54, 1.807) is 18.2 Å². The first kappa shape index (κ1) is 21.4. The minimum atomic E-state index is -0.624. The molecule has 2 aromatic rings. The summed E-state index contributed by atoms with van der Waals surface area (Å²) in [5.74, 6) is -0.770. The first-order chi connectivity index (χ1) is 14.3. The number of carbonyl (C=O) groups is 2. The van der Waals surface area contributed by atoms with Crippen molar-refractivity contribution < 1.29 is 23.5 Å². The number of amides is 2. The van der Waals surface area contributed by atoms with E-state index in [2.05, 4.69) is 5.32 Å². The van der Waals surface area contributed by atoms with E-state index in [0.717, 1.165) is 11.3 Å². The number of hydrogen-bond donors (Lipinski definition) is 1. The maximum Gasteiger partial charge on any atom is 0.270 e. The Balaban J connectivity index is 2.05. The van der Waals surface area contributed by atoms with E-state index >= 15 is 0 Å². The van der Waals surface area contributed by atoms with Gasteiger partial charge in [-0.15, -0.1) is 0 Å². The molecule has 2 amide bonds. The van der Waals surface area contributed by atoms with Crippen molar-refractivity contribution >= 4 is 40.9 Å². The summed E-state index contributed by atoms with van der Waals surface area (Å²) in [6.45, 7) is 3.90. The van der Waals surface area contributed by atoms with Crippen molar-refractivity contribution in [2.24, 2.45) is 0 Å². The summed E-state index contributed by atoms with van der Waals surface area (Å²) in [5.41, 5.74) is 0.731. The summed E-state index contributed by atoms with van der Waals surface area (Å²) in [6, 6.07) is 10.5. The van der Waals surface area contributed by atoms with Crippen molar-refractivity contribution in [1.82, 2.24) is 5.32 Å². The summed E-state index contributed by atoms with van der Waals surface area (Å²) in [4.78, 5) is 26.8. The van der Waals surface area contributed by atoms with E-state index in [4.69, 9.17) is 21.7 Å². The Hall–Kier alpha value is -3.26. The lowest BCUT2D eigenvalue weighted by atomic mass is 10.1. The van der Waals surface area contributed by atoms with Gasteiger partial charge in [0.2, 0.25) is 0 Å². The van der Waals surface area contributed by atoms with Crippen LogP contribution in [0.1, 0.15) is 25.8 Å². The molecule has 8 heteroatoms. The van der Waals surface area contributed by atoms with Crippen molar-refractivity contribution in [1.29, 1.82) is 0 Å². The van der Waals surface area contributed by atoms with Gasteiger partial charge in [0.05, 0.1) is 18.9 Å². The minimum absolute atomic E-state index is 0.0736. The van der Waals surface area contributed by atoms with Gasteiger partial charge >= 0.3 is 0 Å². The summed E-state index contributed by atoms with van der Waals surface area (Å²) in [7, 11) is 1.52. The van der Waals surface area contributed by atoms with Gasteiger partial charge in [-0.2, -0.15) is 0 Å². The average molecular weight is 428 g/mol. The number of thiocarbonyl (C=S) groups is 1. The molecule has 156 valence electrons. The van der Waals surface area contributed by atoms with Crippen molar-refractivity contribution in [3.63, 3.8) is 0 Å². The van der Waals surface area contributed by atoms with Crippen LogP contribution in [0, 0.1) is 5.82 Å². The fraction of sp³-hybridized carbons (Fsp3) is 0.227. The predicted molar refractivity (Wildman–Crippen MR) is 116 cm³/mol. The molecule has 1 aliphatic rings.